The number of nitrogens with one attached hydrogen (secondary N) is 1. The number of ether oxygens (including phenoxy) is 2. The number of nitrogens with zero attached hydrogens (tertiary/aromatic N) is 4. The summed E-state index contributed by atoms with van der Waals surface area (Å²) < 4.78 is 39.0. The van der Waals surface area contributed by atoms with Crippen LogP contribution in [0.15, 0.2) is 76.8 Å². The lowest BCUT2D eigenvalue weighted by atomic mass is 9.84. The van der Waals surface area contributed by atoms with Gasteiger partial charge in [-0.3, -0.25) is 4.79 Å². The molecule has 1 aliphatic heterocycles. The van der Waals surface area contributed by atoms with E-state index < -0.39 is 29.2 Å². The van der Waals surface area contributed by atoms with Gasteiger partial charge in [-0.1, -0.05) is 29.4 Å². The van der Waals surface area contributed by atoms with Crippen LogP contribution in [-0.4, -0.2) is 48.3 Å². The summed E-state index contributed by atoms with van der Waals surface area (Å²) >= 11 is 0. The SMILES string of the molecule is C[C@H]1OC(c2ccc(OCCCO)cc2)=N[C@@]1(Cc1ccccc1CN=[N+]=[N-])C(=O)NCCc1cc(F)cc(F)c1. The van der Waals surface area contributed by atoms with E-state index in [1.165, 1.54) is 12.1 Å². The van der Waals surface area contributed by atoms with Crippen LogP contribution in [0, 0.1) is 11.6 Å². The molecule has 0 saturated heterocycles. The van der Waals surface area contributed by atoms with E-state index in [-0.39, 0.29) is 38.4 Å². The quantitative estimate of drug-likeness (QED) is 0.131. The maximum atomic E-state index is 13.8. The van der Waals surface area contributed by atoms with E-state index in [0.717, 1.165) is 17.2 Å². The first-order chi connectivity index (χ1) is 19.8. The Balaban J connectivity index is 1.61. The lowest BCUT2D eigenvalue weighted by Crippen LogP contribution is -2.53. The molecule has 1 amide bonds. The van der Waals surface area contributed by atoms with E-state index in [1.807, 2.05) is 24.3 Å². The lowest BCUT2D eigenvalue weighted by Gasteiger charge is -2.29. The molecule has 11 heteroatoms. The fraction of sp³-hybridized carbons (Fsp3) is 0.333. The number of rotatable bonds is 13. The Hall–Kier alpha value is -4.47. The Labute approximate surface area is 236 Å². The molecule has 9 nitrogen and oxygen atoms in total. The highest BCUT2D eigenvalue weighted by atomic mass is 19.1. The molecule has 0 aliphatic carbocycles. The summed E-state index contributed by atoms with van der Waals surface area (Å²) in [6.07, 6.45) is 0.227. The number of aliphatic hydroxyl groups excluding tert-OH is 1. The Morgan fingerprint density at radius 1 is 1.15 bits per heavy atom. The third-order valence-corrected chi connectivity index (χ3v) is 6.83. The van der Waals surface area contributed by atoms with Crippen LogP contribution in [0.4, 0.5) is 8.78 Å². The van der Waals surface area contributed by atoms with Gasteiger partial charge in [0.15, 0.2) is 5.54 Å². The average molecular weight is 564 g/mol. The van der Waals surface area contributed by atoms with Crippen molar-refractivity contribution in [2.75, 3.05) is 19.8 Å². The summed E-state index contributed by atoms with van der Waals surface area (Å²) in [5.74, 6) is -0.861. The molecule has 3 aromatic carbocycles. The molecule has 1 aliphatic rings. The van der Waals surface area contributed by atoms with Crippen LogP contribution in [0.25, 0.3) is 10.4 Å². The van der Waals surface area contributed by atoms with Crippen molar-refractivity contribution in [3.05, 3.63) is 111 Å². The number of aliphatic imine (C=N–C) groups is 1. The maximum absolute atomic E-state index is 13.8. The number of carbonyl (C=O) groups is 1. The van der Waals surface area contributed by atoms with Crippen molar-refractivity contribution >= 4 is 11.8 Å². The zero-order valence-electron chi connectivity index (χ0n) is 22.6. The third kappa shape index (κ3) is 7.39. The smallest absolute Gasteiger partial charge is 0.252 e. The molecular formula is C30H31F2N5O4. The molecule has 0 fully saturated rings. The van der Waals surface area contributed by atoms with Crippen molar-refractivity contribution < 1.29 is 28.2 Å². The Bertz CT molecular complexity index is 1420. The van der Waals surface area contributed by atoms with Crippen molar-refractivity contribution in [1.29, 1.82) is 0 Å². The second-order valence-corrected chi connectivity index (χ2v) is 9.67. The minimum absolute atomic E-state index is 0.0376. The largest absolute Gasteiger partial charge is 0.494 e. The number of aliphatic hydroxyl groups is 1. The van der Waals surface area contributed by atoms with Crippen molar-refractivity contribution in [2.45, 2.75) is 44.4 Å². The number of benzene rings is 3. The van der Waals surface area contributed by atoms with Crippen LogP contribution in [-0.2, 0) is 28.9 Å². The van der Waals surface area contributed by atoms with Gasteiger partial charge in [0.1, 0.15) is 23.5 Å². The zero-order valence-corrected chi connectivity index (χ0v) is 22.6. The van der Waals surface area contributed by atoms with Gasteiger partial charge in [-0.25, -0.2) is 13.8 Å². The van der Waals surface area contributed by atoms with Crippen LogP contribution in [0.3, 0.4) is 0 Å². The number of halogens is 2. The van der Waals surface area contributed by atoms with Gasteiger partial charge in [-0.05, 0) is 72.0 Å². The standard InChI is InChI=1S/C30H31F2N5O4/c1-20-30(18-23-5-2-3-6-24(23)19-35-37-33,29(39)34-12-11-21-15-25(31)17-26(32)16-21)36-28(41-20)22-7-9-27(10-8-22)40-14-4-13-38/h2-3,5-10,15-17,20,38H,4,11-14,18-19H2,1H3,(H,34,39)/t20-,30-/m1/s1. The van der Waals surface area contributed by atoms with Gasteiger partial charge in [-0.15, -0.1) is 0 Å². The predicted octanol–water partition coefficient (Wildman–Crippen LogP) is 5.04. The first-order valence-electron chi connectivity index (χ1n) is 13.3. The van der Waals surface area contributed by atoms with E-state index in [4.69, 9.17) is 25.1 Å². The monoisotopic (exact) mass is 563 g/mol. The number of amides is 1. The summed E-state index contributed by atoms with van der Waals surface area (Å²) in [5, 5.41) is 15.5. The van der Waals surface area contributed by atoms with Crippen molar-refractivity contribution in [3.8, 4) is 5.75 Å². The second kappa shape index (κ2) is 13.7. The van der Waals surface area contributed by atoms with Crippen LogP contribution in [0.2, 0.25) is 0 Å². The minimum Gasteiger partial charge on any atom is -0.494 e. The van der Waals surface area contributed by atoms with E-state index in [2.05, 4.69) is 15.3 Å². The summed E-state index contributed by atoms with van der Waals surface area (Å²) in [6, 6.07) is 17.7. The highest BCUT2D eigenvalue weighted by Crippen LogP contribution is 2.34. The summed E-state index contributed by atoms with van der Waals surface area (Å²) in [4.78, 5) is 21.5. The highest BCUT2D eigenvalue weighted by molar-refractivity contribution is 6.01. The van der Waals surface area contributed by atoms with Gasteiger partial charge < -0.3 is 19.9 Å². The molecule has 0 unspecified atom stereocenters. The highest BCUT2D eigenvalue weighted by Gasteiger charge is 2.50. The molecule has 1 heterocycles. The molecule has 41 heavy (non-hydrogen) atoms. The molecule has 2 N–H and O–H groups in total. The molecule has 214 valence electrons. The van der Waals surface area contributed by atoms with Gasteiger partial charge >= 0.3 is 0 Å². The van der Waals surface area contributed by atoms with E-state index in [0.29, 0.717) is 29.9 Å². The summed E-state index contributed by atoms with van der Waals surface area (Å²) in [5.41, 5.74) is 10.1. The normalized spacial score (nSPS) is 17.8. The van der Waals surface area contributed by atoms with Crippen LogP contribution >= 0.6 is 0 Å². The lowest BCUT2D eigenvalue weighted by molar-refractivity contribution is -0.128. The predicted molar refractivity (Wildman–Crippen MR) is 150 cm³/mol. The molecule has 0 bridgehead atoms. The number of hydrogen-bond acceptors (Lipinski definition) is 6. The van der Waals surface area contributed by atoms with Crippen molar-refractivity contribution in [2.24, 2.45) is 10.1 Å². The fourth-order valence-corrected chi connectivity index (χ4v) is 4.65. The molecule has 0 saturated carbocycles. The summed E-state index contributed by atoms with van der Waals surface area (Å²) in [7, 11) is 0. The molecule has 2 atom stereocenters. The topological polar surface area (TPSA) is 129 Å². The third-order valence-electron chi connectivity index (χ3n) is 6.83. The molecule has 0 radical (unpaired) electrons. The van der Waals surface area contributed by atoms with Crippen molar-refractivity contribution in [1.82, 2.24) is 5.32 Å². The minimum atomic E-state index is -1.37. The molecular weight excluding hydrogens is 532 g/mol. The summed E-state index contributed by atoms with van der Waals surface area (Å²) in [6.45, 7) is 2.42. The van der Waals surface area contributed by atoms with Crippen LogP contribution in [0.1, 0.15) is 35.6 Å². The number of hydrogen-bond donors (Lipinski definition) is 2. The van der Waals surface area contributed by atoms with Gasteiger partial charge in [0, 0.05) is 42.5 Å². The molecule has 0 aromatic heterocycles. The Kier molecular flexibility index (Phi) is 9.89. The maximum Gasteiger partial charge on any atom is 0.252 e. The first-order valence-corrected chi connectivity index (χ1v) is 13.3. The number of carbonyl (C=O) groups excluding carboxylic acids is 1. The van der Waals surface area contributed by atoms with Gasteiger partial charge in [0.2, 0.25) is 5.90 Å². The van der Waals surface area contributed by atoms with Gasteiger partial charge in [-0.2, -0.15) is 0 Å². The van der Waals surface area contributed by atoms with Gasteiger partial charge in [0.25, 0.3) is 5.91 Å². The zero-order chi connectivity index (χ0) is 29.2. The Morgan fingerprint density at radius 3 is 2.54 bits per heavy atom. The molecule has 0 spiro atoms. The van der Waals surface area contributed by atoms with Crippen LogP contribution in [0.5, 0.6) is 5.75 Å². The Morgan fingerprint density at radius 2 is 1.85 bits per heavy atom. The first kappa shape index (κ1) is 29.5. The fourth-order valence-electron chi connectivity index (χ4n) is 4.65. The average Bonchev–Trinajstić information content (AvgIpc) is 3.29. The molecule has 3 aromatic rings. The van der Waals surface area contributed by atoms with E-state index >= 15 is 0 Å². The van der Waals surface area contributed by atoms with Crippen LogP contribution < -0.4 is 10.1 Å². The second-order valence-electron chi connectivity index (χ2n) is 9.67. The molecule has 4 rings (SSSR count). The van der Waals surface area contributed by atoms with Crippen molar-refractivity contribution in [3.63, 3.8) is 0 Å². The number of azide groups is 1. The van der Waals surface area contributed by atoms with E-state index in [1.54, 1.807) is 31.2 Å². The van der Waals surface area contributed by atoms with Gasteiger partial charge in [0.05, 0.1) is 13.2 Å². The van der Waals surface area contributed by atoms with E-state index in [9.17, 15) is 13.6 Å².